The van der Waals surface area contributed by atoms with Crippen molar-refractivity contribution in [1.82, 2.24) is 20.1 Å². The predicted molar refractivity (Wildman–Crippen MR) is 74.8 cm³/mol. The smallest absolute Gasteiger partial charge is 0.226 e. The van der Waals surface area contributed by atoms with Gasteiger partial charge in [-0.15, -0.1) is 0 Å². The van der Waals surface area contributed by atoms with Crippen molar-refractivity contribution in [1.29, 1.82) is 0 Å². The highest BCUT2D eigenvalue weighted by atomic mass is 16.5. The molecule has 112 valence electrons. The van der Waals surface area contributed by atoms with Crippen LogP contribution in [-0.4, -0.2) is 33.4 Å². The zero-order valence-corrected chi connectivity index (χ0v) is 12.5. The van der Waals surface area contributed by atoms with Crippen molar-refractivity contribution in [2.24, 2.45) is 11.8 Å². The van der Waals surface area contributed by atoms with Gasteiger partial charge in [0.2, 0.25) is 5.91 Å². The van der Waals surface area contributed by atoms with Gasteiger partial charge in [-0.05, 0) is 25.7 Å². The third-order valence-electron chi connectivity index (χ3n) is 3.78. The van der Waals surface area contributed by atoms with E-state index in [2.05, 4.69) is 29.2 Å². The van der Waals surface area contributed by atoms with E-state index in [1.165, 1.54) is 6.33 Å². The van der Waals surface area contributed by atoms with Gasteiger partial charge in [0.15, 0.2) is 0 Å². The van der Waals surface area contributed by atoms with Crippen LogP contribution in [0.4, 0.5) is 0 Å². The number of carbonyl (C=O) groups excluding carboxylic acids is 1. The molecule has 0 bridgehead atoms. The Morgan fingerprint density at radius 1 is 1.60 bits per heavy atom. The van der Waals surface area contributed by atoms with Gasteiger partial charge < -0.3 is 10.1 Å². The molecule has 0 spiro atoms. The molecule has 1 N–H and O–H groups in total. The Morgan fingerprint density at radius 3 is 3.10 bits per heavy atom. The van der Waals surface area contributed by atoms with Gasteiger partial charge >= 0.3 is 0 Å². The zero-order valence-electron chi connectivity index (χ0n) is 12.5. The van der Waals surface area contributed by atoms with Crippen LogP contribution in [0.5, 0.6) is 0 Å². The van der Waals surface area contributed by atoms with Crippen LogP contribution in [-0.2, 0) is 22.6 Å². The largest absolute Gasteiger partial charge is 0.377 e. The van der Waals surface area contributed by atoms with E-state index in [-0.39, 0.29) is 17.9 Å². The molecule has 0 radical (unpaired) electrons. The number of hydrogen-bond acceptors (Lipinski definition) is 4. The van der Waals surface area contributed by atoms with Gasteiger partial charge in [-0.25, -0.2) is 9.67 Å². The molecule has 1 aromatic rings. The van der Waals surface area contributed by atoms with E-state index >= 15 is 0 Å². The summed E-state index contributed by atoms with van der Waals surface area (Å²) in [6.45, 7) is 8.15. The minimum Gasteiger partial charge on any atom is -0.377 e. The first kappa shape index (κ1) is 15.0. The first-order chi connectivity index (χ1) is 9.63. The fourth-order valence-corrected chi connectivity index (χ4v) is 2.73. The highest BCUT2D eigenvalue weighted by Gasteiger charge is 2.33. The van der Waals surface area contributed by atoms with Crippen molar-refractivity contribution in [3.05, 3.63) is 12.2 Å². The molecule has 0 aromatic carbocycles. The van der Waals surface area contributed by atoms with Crippen LogP contribution in [0, 0.1) is 11.8 Å². The lowest BCUT2D eigenvalue weighted by molar-refractivity contribution is -0.137. The van der Waals surface area contributed by atoms with E-state index in [4.69, 9.17) is 4.74 Å². The Morgan fingerprint density at radius 2 is 2.40 bits per heavy atom. The average molecular weight is 280 g/mol. The molecule has 1 aliphatic rings. The number of amides is 1. The Hall–Kier alpha value is -1.43. The molecule has 0 saturated carbocycles. The second-order valence-corrected chi connectivity index (χ2v) is 5.54. The maximum atomic E-state index is 12.4. The van der Waals surface area contributed by atoms with Gasteiger partial charge in [0.1, 0.15) is 12.2 Å². The highest BCUT2D eigenvalue weighted by molar-refractivity contribution is 5.79. The quantitative estimate of drug-likeness (QED) is 0.884. The van der Waals surface area contributed by atoms with Gasteiger partial charge in [-0.2, -0.15) is 5.10 Å². The van der Waals surface area contributed by atoms with Crippen molar-refractivity contribution in [3.63, 3.8) is 0 Å². The number of aryl methyl sites for hydroxylation is 1. The number of ether oxygens (including phenoxy) is 1. The van der Waals surface area contributed by atoms with Crippen molar-refractivity contribution in [2.75, 3.05) is 6.61 Å². The Kier molecular flexibility index (Phi) is 5.11. The molecule has 1 fully saturated rings. The van der Waals surface area contributed by atoms with Crippen molar-refractivity contribution in [3.8, 4) is 0 Å². The SMILES string of the molecule is CCn1ncnc1CNC(=O)[C@H]1CCCO[C@H]1C(C)C. The number of aromatic nitrogens is 3. The minimum absolute atomic E-state index is 0.0211. The normalized spacial score (nSPS) is 23.0. The molecule has 2 rings (SSSR count). The van der Waals surface area contributed by atoms with Gasteiger partial charge in [0.25, 0.3) is 0 Å². The minimum atomic E-state index is -0.0539. The van der Waals surface area contributed by atoms with Crippen LogP contribution in [0.3, 0.4) is 0 Å². The molecule has 2 atom stereocenters. The van der Waals surface area contributed by atoms with Gasteiger partial charge in [0, 0.05) is 13.2 Å². The molecule has 0 unspecified atom stereocenters. The molecule has 6 heteroatoms. The molecule has 6 nitrogen and oxygen atoms in total. The lowest BCUT2D eigenvalue weighted by Crippen LogP contribution is -2.43. The summed E-state index contributed by atoms with van der Waals surface area (Å²) in [4.78, 5) is 16.5. The first-order valence-electron chi connectivity index (χ1n) is 7.39. The van der Waals surface area contributed by atoms with E-state index in [1.54, 1.807) is 4.68 Å². The van der Waals surface area contributed by atoms with Crippen LogP contribution in [0.15, 0.2) is 6.33 Å². The summed E-state index contributed by atoms with van der Waals surface area (Å²) in [5.74, 6) is 1.15. The molecule has 0 aliphatic carbocycles. The number of nitrogens with zero attached hydrogens (tertiary/aromatic N) is 3. The molecule has 1 saturated heterocycles. The second-order valence-electron chi connectivity index (χ2n) is 5.54. The monoisotopic (exact) mass is 280 g/mol. The third-order valence-corrected chi connectivity index (χ3v) is 3.78. The van der Waals surface area contributed by atoms with Crippen molar-refractivity contribution in [2.45, 2.75) is 52.8 Å². The number of carbonyl (C=O) groups is 1. The van der Waals surface area contributed by atoms with E-state index in [1.807, 2.05) is 6.92 Å². The maximum absolute atomic E-state index is 12.4. The summed E-state index contributed by atoms with van der Waals surface area (Å²) in [5.41, 5.74) is 0. The molecular weight excluding hydrogens is 256 g/mol. The van der Waals surface area contributed by atoms with Gasteiger partial charge in [-0.3, -0.25) is 4.79 Å². The summed E-state index contributed by atoms with van der Waals surface area (Å²) in [7, 11) is 0. The lowest BCUT2D eigenvalue weighted by Gasteiger charge is -2.33. The molecule has 1 aliphatic heterocycles. The van der Waals surface area contributed by atoms with Crippen LogP contribution in [0.1, 0.15) is 39.4 Å². The number of hydrogen-bond donors (Lipinski definition) is 1. The van der Waals surface area contributed by atoms with E-state index < -0.39 is 0 Å². The number of nitrogens with one attached hydrogen (secondary N) is 1. The Bertz CT molecular complexity index is 444. The molecule has 2 heterocycles. The second kappa shape index (κ2) is 6.83. The summed E-state index contributed by atoms with van der Waals surface area (Å²) < 4.78 is 7.55. The standard InChI is InChI=1S/C14H24N4O2/c1-4-18-12(16-9-17-18)8-15-14(19)11-6-5-7-20-13(11)10(2)3/h9-11,13H,4-8H2,1-3H3,(H,15,19)/t11-,13-/m0/s1. The van der Waals surface area contributed by atoms with E-state index in [9.17, 15) is 4.79 Å². The average Bonchev–Trinajstić information content (AvgIpc) is 2.92. The predicted octanol–water partition coefficient (Wildman–Crippen LogP) is 1.37. The first-order valence-corrected chi connectivity index (χ1v) is 7.39. The van der Waals surface area contributed by atoms with Crippen molar-refractivity contribution < 1.29 is 9.53 Å². The summed E-state index contributed by atoms with van der Waals surface area (Å²) in [5, 5.41) is 7.07. The molecule has 1 amide bonds. The highest BCUT2D eigenvalue weighted by Crippen LogP contribution is 2.26. The van der Waals surface area contributed by atoms with Crippen molar-refractivity contribution >= 4 is 5.91 Å². The number of rotatable bonds is 5. The topological polar surface area (TPSA) is 69.0 Å². The van der Waals surface area contributed by atoms with Gasteiger partial charge in [0.05, 0.1) is 18.6 Å². The van der Waals surface area contributed by atoms with E-state index in [0.717, 1.165) is 31.8 Å². The summed E-state index contributed by atoms with van der Waals surface area (Å²) in [6.07, 6.45) is 3.39. The van der Waals surface area contributed by atoms with E-state index in [0.29, 0.717) is 12.5 Å². The summed E-state index contributed by atoms with van der Waals surface area (Å²) >= 11 is 0. The summed E-state index contributed by atoms with van der Waals surface area (Å²) in [6, 6.07) is 0. The maximum Gasteiger partial charge on any atom is 0.226 e. The van der Waals surface area contributed by atoms with Gasteiger partial charge in [-0.1, -0.05) is 13.8 Å². The molecule has 20 heavy (non-hydrogen) atoms. The van der Waals surface area contributed by atoms with Crippen LogP contribution in [0.2, 0.25) is 0 Å². The van der Waals surface area contributed by atoms with Crippen LogP contribution < -0.4 is 5.32 Å². The lowest BCUT2D eigenvalue weighted by atomic mass is 9.87. The Labute approximate surface area is 119 Å². The fraction of sp³-hybridized carbons (Fsp3) is 0.786. The Balaban J connectivity index is 1.93. The molecule has 1 aromatic heterocycles. The fourth-order valence-electron chi connectivity index (χ4n) is 2.73. The van der Waals surface area contributed by atoms with Crippen LogP contribution in [0.25, 0.3) is 0 Å². The third kappa shape index (κ3) is 3.36. The zero-order chi connectivity index (χ0) is 14.5. The molecular formula is C14H24N4O2. The van der Waals surface area contributed by atoms with Crippen LogP contribution >= 0.6 is 0 Å².